The van der Waals surface area contributed by atoms with Crippen molar-refractivity contribution in [3.8, 4) is 11.5 Å². The molecule has 0 unspecified atom stereocenters. The third-order valence-corrected chi connectivity index (χ3v) is 6.99. The second-order valence-corrected chi connectivity index (χ2v) is 9.38. The summed E-state index contributed by atoms with van der Waals surface area (Å²) < 4.78 is 67.4. The number of tetrazole rings is 1. The van der Waals surface area contributed by atoms with Gasteiger partial charge in [0.15, 0.2) is 17.3 Å². The number of piperazine rings is 1. The van der Waals surface area contributed by atoms with Gasteiger partial charge in [-0.05, 0) is 52.4 Å². The summed E-state index contributed by atoms with van der Waals surface area (Å²) in [7, 11) is 0. The molecule has 12 heteroatoms. The zero-order valence-electron chi connectivity index (χ0n) is 20.7. The highest BCUT2D eigenvalue weighted by Crippen LogP contribution is 2.35. The number of ether oxygens (including phenoxy) is 2. The lowest BCUT2D eigenvalue weighted by Gasteiger charge is -2.40. The normalized spacial score (nSPS) is 16.5. The van der Waals surface area contributed by atoms with Crippen molar-refractivity contribution in [1.29, 1.82) is 0 Å². The molecule has 0 spiro atoms. The van der Waals surface area contributed by atoms with Crippen LogP contribution in [-0.4, -0.2) is 58.1 Å². The van der Waals surface area contributed by atoms with E-state index in [1.165, 1.54) is 12.1 Å². The summed E-state index contributed by atoms with van der Waals surface area (Å²) in [5.41, 5.74) is 1.12. The van der Waals surface area contributed by atoms with Crippen LogP contribution < -0.4 is 14.4 Å². The Morgan fingerprint density at radius 3 is 2.46 bits per heavy atom. The van der Waals surface area contributed by atoms with Crippen LogP contribution in [0.5, 0.6) is 11.5 Å². The van der Waals surface area contributed by atoms with Crippen LogP contribution in [0.2, 0.25) is 0 Å². The highest BCUT2D eigenvalue weighted by molar-refractivity contribution is 5.50. The van der Waals surface area contributed by atoms with Crippen molar-refractivity contribution in [3.63, 3.8) is 0 Å². The van der Waals surface area contributed by atoms with E-state index in [1.807, 2.05) is 23.1 Å². The van der Waals surface area contributed by atoms with Gasteiger partial charge in [0.05, 0.1) is 12.1 Å². The quantitative estimate of drug-likeness (QED) is 0.333. The molecule has 8 nitrogen and oxygen atoms in total. The van der Waals surface area contributed by atoms with Crippen molar-refractivity contribution >= 4 is 5.69 Å². The van der Waals surface area contributed by atoms with Gasteiger partial charge in [-0.1, -0.05) is 30.3 Å². The molecule has 1 aromatic heterocycles. The first-order valence-electron chi connectivity index (χ1n) is 12.4. The second kappa shape index (κ2) is 10.2. The van der Waals surface area contributed by atoms with Crippen LogP contribution >= 0.6 is 0 Å². The van der Waals surface area contributed by atoms with E-state index < -0.39 is 17.8 Å². The predicted octanol–water partition coefficient (Wildman–Crippen LogP) is 4.52. The molecular weight excluding hydrogens is 516 g/mol. The molecule has 0 saturated carbocycles. The lowest BCUT2D eigenvalue weighted by Crippen LogP contribution is -2.48. The van der Waals surface area contributed by atoms with Crippen LogP contribution in [0.1, 0.15) is 28.6 Å². The first-order chi connectivity index (χ1) is 18.9. The summed E-state index contributed by atoms with van der Waals surface area (Å²) in [5, 5.41) is 12.4. The Kier molecular flexibility index (Phi) is 6.55. The van der Waals surface area contributed by atoms with E-state index >= 15 is 4.39 Å². The molecule has 1 atom stereocenters. The zero-order valence-corrected chi connectivity index (χ0v) is 20.7. The molecule has 3 aromatic carbocycles. The smallest absolute Gasteiger partial charge is 0.416 e. The average molecular weight is 541 g/mol. The highest BCUT2D eigenvalue weighted by atomic mass is 19.4. The Morgan fingerprint density at radius 2 is 1.67 bits per heavy atom. The summed E-state index contributed by atoms with van der Waals surface area (Å²) >= 11 is 0. The van der Waals surface area contributed by atoms with Gasteiger partial charge in [-0.25, -0.2) is 9.07 Å². The molecule has 6 rings (SSSR count). The van der Waals surface area contributed by atoms with Gasteiger partial charge in [0.2, 0.25) is 6.79 Å². The van der Waals surface area contributed by atoms with Crippen LogP contribution in [0.25, 0.3) is 0 Å². The number of fused-ring (bicyclic) bond motifs is 1. The van der Waals surface area contributed by atoms with Gasteiger partial charge in [-0.2, -0.15) is 13.2 Å². The van der Waals surface area contributed by atoms with Crippen molar-refractivity contribution in [3.05, 3.63) is 95.1 Å². The SMILES string of the molecule is Fc1ccccc1[C@H](c1nnnn1Cc1ccc2c(c1)OCO2)N1CCN(c2cccc(C(F)(F)F)c2)CC1. The molecule has 3 heterocycles. The molecule has 202 valence electrons. The summed E-state index contributed by atoms with van der Waals surface area (Å²) in [6, 6.07) is 16.8. The van der Waals surface area contributed by atoms with Crippen molar-refractivity contribution in [1.82, 2.24) is 25.1 Å². The standard InChI is InChI=1S/C27H24F4N6O2/c28-22-7-2-1-6-21(22)25(26-32-33-34-37(26)16-18-8-9-23-24(14-18)39-17-38-23)36-12-10-35(11-13-36)20-5-3-4-19(15-20)27(29,30)31/h1-9,14-15,25H,10-13,16-17H2/t25-/m1/s1. The first kappa shape index (κ1) is 25.1. The van der Waals surface area contributed by atoms with Gasteiger partial charge in [-0.3, -0.25) is 4.90 Å². The Bertz CT molecular complexity index is 1470. The number of anilines is 1. The maximum absolute atomic E-state index is 15.1. The largest absolute Gasteiger partial charge is 0.454 e. The Balaban J connectivity index is 1.27. The maximum atomic E-state index is 15.1. The third kappa shape index (κ3) is 5.11. The molecule has 0 amide bonds. The van der Waals surface area contributed by atoms with Crippen molar-refractivity contribution in [2.45, 2.75) is 18.8 Å². The highest BCUT2D eigenvalue weighted by Gasteiger charge is 2.34. The number of benzene rings is 3. The molecule has 0 radical (unpaired) electrons. The van der Waals surface area contributed by atoms with Crippen LogP contribution in [0.15, 0.2) is 66.7 Å². The molecule has 0 bridgehead atoms. The monoisotopic (exact) mass is 540 g/mol. The van der Waals surface area contributed by atoms with Gasteiger partial charge < -0.3 is 14.4 Å². The van der Waals surface area contributed by atoms with E-state index in [1.54, 1.807) is 28.9 Å². The van der Waals surface area contributed by atoms with Gasteiger partial charge in [0, 0.05) is 37.4 Å². The van der Waals surface area contributed by atoms with Crippen molar-refractivity contribution in [2.75, 3.05) is 37.9 Å². The number of hydrogen-bond donors (Lipinski definition) is 0. The van der Waals surface area contributed by atoms with Crippen molar-refractivity contribution in [2.24, 2.45) is 0 Å². The topological polar surface area (TPSA) is 68.5 Å². The Hall–Kier alpha value is -4.19. The van der Waals surface area contributed by atoms with Crippen LogP contribution in [0.3, 0.4) is 0 Å². The summed E-state index contributed by atoms with van der Waals surface area (Å²) in [6.45, 7) is 2.33. The third-order valence-electron chi connectivity index (χ3n) is 6.99. The lowest BCUT2D eigenvalue weighted by atomic mass is 10.0. The predicted molar refractivity (Wildman–Crippen MR) is 133 cm³/mol. The molecule has 2 aliphatic rings. The summed E-state index contributed by atoms with van der Waals surface area (Å²) in [4.78, 5) is 3.96. The number of aromatic nitrogens is 4. The molecule has 0 aliphatic carbocycles. The molecule has 1 saturated heterocycles. The number of hydrogen-bond acceptors (Lipinski definition) is 7. The van der Waals surface area contributed by atoms with Gasteiger partial charge in [-0.15, -0.1) is 5.10 Å². The molecule has 0 N–H and O–H groups in total. The minimum atomic E-state index is -4.41. The van der Waals surface area contributed by atoms with E-state index in [9.17, 15) is 13.2 Å². The maximum Gasteiger partial charge on any atom is 0.416 e. The second-order valence-electron chi connectivity index (χ2n) is 9.38. The van der Waals surface area contributed by atoms with E-state index in [-0.39, 0.29) is 12.6 Å². The van der Waals surface area contributed by atoms with Crippen molar-refractivity contribution < 1.29 is 27.0 Å². The Labute approximate surface area is 221 Å². The lowest BCUT2D eigenvalue weighted by molar-refractivity contribution is -0.137. The Morgan fingerprint density at radius 1 is 0.872 bits per heavy atom. The van der Waals surface area contributed by atoms with E-state index in [0.29, 0.717) is 61.3 Å². The van der Waals surface area contributed by atoms with E-state index in [0.717, 1.165) is 17.7 Å². The zero-order chi connectivity index (χ0) is 27.0. The number of alkyl halides is 3. The fourth-order valence-corrected chi connectivity index (χ4v) is 5.05. The number of rotatable bonds is 6. The average Bonchev–Trinajstić information content (AvgIpc) is 3.59. The van der Waals surface area contributed by atoms with Crippen LogP contribution in [-0.2, 0) is 12.7 Å². The minimum Gasteiger partial charge on any atom is -0.454 e. The molecule has 39 heavy (non-hydrogen) atoms. The minimum absolute atomic E-state index is 0.163. The summed E-state index contributed by atoms with van der Waals surface area (Å²) in [5.74, 6) is 1.38. The van der Waals surface area contributed by atoms with Gasteiger partial charge >= 0.3 is 6.18 Å². The fourth-order valence-electron chi connectivity index (χ4n) is 5.05. The molecular formula is C27H24F4N6O2. The van der Waals surface area contributed by atoms with Gasteiger partial charge in [0.1, 0.15) is 11.9 Å². The molecule has 4 aromatic rings. The number of halogens is 4. The molecule has 2 aliphatic heterocycles. The number of nitrogens with zero attached hydrogens (tertiary/aromatic N) is 6. The van der Waals surface area contributed by atoms with Gasteiger partial charge in [0.25, 0.3) is 0 Å². The first-order valence-corrected chi connectivity index (χ1v) is 12.4. The van der Waals surface area contributed by atoms with Crippen LogP contribution in [0, 0.1) is 5.82 Å². The summed E-state index contributed by atoms with van der Waals surface area (Å²) in [6.07, 6.45) is -4.41. The molecule has 1 fully saturated rings. The van der Waals surface area contributed by atoms with E-state index in [4.69, 9.17) is 9.47 Å². The van der Waals surface area contributed by atoms with Crippen LogP contribution in [0.4, 0.5) is 23.2 Å². The fraction of sp³-hybridized carbons (Fsp3) is 0.296. The van der Waals surface area contributed by atoms with E-state index in [2.05, 4.69) is 20.4 Å².